The zero-order chi connectivity index (χ0) is 32.0. The minimum Gasteiger partial charge on any atom is -0.479 e. The first-order valence-corrected chi connectivity index (χ1v) is 15.2. The quantitative estimate of drug-likeness (QED) is 0.380. The largest absolute Gasteiger partial charge is 0.479 e. The highest BCUT2D eigenvalue weighted by atomic mass is 16.5. The van der Waals surface area contributed by atoms with Crippen LogP contribution in [0.15, 0.2) is 23.0 Å². The van der Waals surface area contributed by atoms with E-state index in [1.165, 1.54) is 12.7 Å². The molecule has 44 heavy (non-hydrogen) atoms. The Balaban J connectivity index is 1.61. The number of carbonyl (C=O) groups is 1. The van der Waals surface area contributed by atoms with Crippen LogP contribution in [0, 0.1) is 19.3 Å². The topological polar surface area (TPSA) is 134 Å². The molecular formula is C33H44N6O5. The molecule has 11 heteroatoms. The summed E-state index contributed by atoms with van der Waals surface area (Å²) in [6.45, 7) is 17.0. The molecule has 2 aliphatic heterocycles. The summed E-state index contributed by atoms with van der Waals surface area (Å²) in [6, 6.07) is 6.44. The monoisotopic (exact) mass is 604 g/mol. The standard InChI is InChI=1S/C33H44N6O5/c1-19-24(22-9-10-23-18-39(14-11-21(23)17-22)29-35-30(42)37-31(36-29)43-8)26(38-15-12-33(6,7)13-16-38)25(20(2)34-19)27(28(40)41)44-32(3,4)5/h9-10,17,27H,11-16,18H2,1-8H3,(H,40,41)(H,35,36,37,42). The molecule has 0 aliphatic carbocycles. The number of anilines is 2. The van der Waals surface area contributed by atoms with Gasteiger partial charge in [0.1, 0.15) is 0 Å². The highest BCUT2D eigenvalue weighted by Gasteiger charge is 2.36. The highest BCUT2D eigenvalue weighted by molar-refractivity contribution is 5.88. The van der Waals surface area contributed by atoms with E-state index in [1.807, 2.05) is 39.5 Å². The zero-order valence-electron chi connectivity index (χ0n) is 27.1. The van der Waals surface area contributed by atoms with E-state index in [-0.39, 0.29) is 11.4 Å². The fourth-order valence-corrected chi connectivity index (χ4v) is 6.24. The van der Waals surface area contributed by atoms with Gasteiger partial charge in [-0.05, 0) is 76.0 Å². The lowest BCUT2D eigenvalue weighted by molar-refractivity contribution is -0.160. The van der Waals surface area contributed by atoms with Crippen molar-refractivity contribution in [3.8, 4) is 17.1 Å². The number of carboxylic acid groups (broad SMARTS) is 1. The number of aryl methyl sites for hydroxylation is 2. The fourth-order valence-electron chi connectivity index (χ4n) is 6.24. The lowest BCUT2D eigenvalue weighted by Gasteiger charge is -2.41. The Morgan fingerprint density at radius 1 is 1.02 bits per heavy atom. The smallest absolute Gasteiger partial charge is 0.352 e. The lowest BCUT2D eigenvalue weighted by Crippen LogP contribution is -2.39. The van der Waals surface area contributed by atoms with Gasteiger partial charge in [0, 0.05) is 48.7 Å². The van der Waals surface area contributed by atoms with E-state index < -0.39 is 23.4 Å². The summed E-state index contributed by atoms with van der Waals surface area (Å²) in [5, 5.41) is 10.5. The number of aromatic amines is 1. The second-order valence-corrected chi connectivity index (χ2v) is 13.6. The van der Waals surface area contributed by atoms with Crippen molar-refractivity contribution in [1.82, 2.24) is 19.9 Å². The number of aliphatic carboxylic acids is 1. The van der Waals surface area contributed by atoms with E-state index in [4.69, 9.17) is 14.5 Å². The predicted octanol–water partition coefficient (Wildman–Crippen LogP) is 4.98. The molecule has 11 nitrogen and oxygen atoms in total. The van der Waals surface area contributed by atoms with Crippen molar-refractivity contribution >= 4 is 17.6 Å². The van der Waals surface area contributed by atoms with Crippen molar-refractivity contribution < 1.29 is 19.4 Å². The number of nitrogens with one attached hydrogen (secondary N) is 1. The number of carboxylic acids is 1. The Kier molecular flexibility index (Phi) is 8.45. The molecule has 1 unspecified atom stereocenters. The normalized spacial score (nSPS) is 17.3. The molecule has 236 valence electrons. The second-order valence-electron chi connectivity index (χ2n) is 13.6. The van der Waals surface area contributed by atoms with Crippen LogP contribution in [0.5, 0.6) is 6.01 Å². The number of fused-ring (bicyclic) bond motifs is 1. The van der Waals surface area contributed by atoms with Crippen LogP contribution in [0.2, 0.25) is 0 Å². The Bertz CT molecular complexity index is 1620. The summed E-state index contributed by atoms with van der Waals surface area (Å²) < 4.78 is 11.3. The first kappa shape index (κ1) is 31.4. The molecule has 2 aliphatic rings. The summed E-state index contributed by atoms with van der Waals surface area (Å²) in [4.78, 5) is 44.9. The van der Waals surface area contributed by atoms with E-state index in [9.17, 15) is 14.7 Å². The number of hydrogen-bond donors (Lipinski definition) is 2. The molecule has 5 rings (SSSR count). The van der Waals surface area contributed by atoms with Gasteiger partial charge < -0.3 is 24.4 Å². The van der Waals surface area contributed by atoms with Gasteiger partial charge in [0.2, 0.25) is 5.95 Å². The summed E-state index contributed by atoms with van der Waals surface area (Å²) in [5.41, 5.74) is 6.37. The molecule has 3 aromatic rings. The molecule has 0 bridgehead atoms. The summed E-state index contributed by atoms with van der Waals surface area (Å²) >= 11 is 0. The van der Waals surface area contributed by atoms with Crippen LogP contribution >= 0.6 is 0 Å². The Hall–Kier alpha value is -3.99. The minimum absolute atomic E-state index is 0.0341. The number of benzene rings is 1. The van der Waals surface area contributed by atoms with Gasteiger partial charge in [0.05, 0.1) is 18.4 Å². The molecule has 4 heterocycles. The van der Waals surface area contributed by atoms with Crippen LogP contribution in [0.25, 0.3) is 11.1 Å². The van der Waals surface area contributed by atoms with Gasteiger partial charge in [0.25, 0.3) is 0 Å². The van der Waals surface area contributed by atoms with Crippen molar-refractivity contribution in [1.29, 1.82) is 0 Å². The first-order valence-electron chi connectivity index (χ1n) is 15.2. The van der Waals surface area contributed by atoms with E-state index in [0.717, 1.165) is 60.4 Å². The maximum atomic E-state index is 12.8. The van der Waals surface area contributed by atoms with Crippen LogP contribution in [-0.4, -0.2) is 63.4 Å². The molecule has 1 saturated heterocycles. The molecule has 0 saturated carbocycles. The first-order chi connectivity index (χ1) is 20.7. The number of pyridine rings is 1. The number of hydrogen-bond acceptors (Lipinski definition) is 9. The van der Waals surface area contributed by atoms with Crippen molar-refractivity contribution in [2.24, 2.45) is 5.41 Å². The SMILES string of the molecule is COc1nc(N2CCc3cc(-c4c(C)nc(C)c(C(OC(C)(C)C)C(=O)O)c4N4CCC(C)(C)CC4)ccc3C2)[nH]c(=O)n1. The number of rotatable bonds is 7. The van der Waals surface area contributed by atoms with Crippen LogP contribution in [0.4, 0.5) is 11.6 Å². The molecule has 0 spiro atoms. The van der Waals surface area contributed by atoms with E-state index in [2.05, 4.69) is 51.9 Å². The van der Waals surface area contributed by atoms with Crippen molar-refractivity contribution in [3.63, 3.8) is 0 Å². The number of methoxy groups -OCH3 is 1. The molecule has 0 amide bonds. The van der Waals surface area contributed by atoms with Crippen molar-refractivity contribution in [2.45, 2.75) is 86.0 Å². The Morgan fingerprint density at radius 3 is 2.36 bits per heavy atom. The lowest BCUT2D eigenvalue weighted by atomic mass is 9.81. The molecule has 0 radical (unpaired) electrons. The third-order valence-electron chi connectivity index (χ3n) is 8.58. The van der Waals surface area contributed by atoms with E-state index in [0.29, 0.717) is 30.3 Å². The summed E-state index contributed by atoms with van der Waals surface area (Å²) in [5.74, 6) is -0.600. The Labute approximate surface area is 258 Å². The number of ether oxygens (including phenoxy) is 2. The second kappa shape index (κ2) is 11.8. The predicted molar refractivity (Wildman–Crippen MR) is 170 cm³/mol. The number of H-pyrrole nitrogens is 1. The summed E-state index contributed by atoms with van der Waals surface area (Å²) in [7, 11) is 1.44. The van der Waals surface area contributed by atoms with Crippen LogP contribution in [0.3, 0.4) is 0 Å². The maximum Gasteiger partial charge on any atom is 0.352 e. The highest BCUT2D eigenvalue weighted by Crippen LogP contribution is 2.45. The van der Waals surface area contributed by atoms with Gasteiger partial charge >= 0.3 is 17.7 Å². The number of piperidine rings is 1. The van der Waals surface area contributed by atoms with E-state index in [1.54, 1.807) is 0 Å². The van der Waals surface area contributed by atoms with Crippen molar-refractivity contribution in [2.75, 3.05) is 36.5 Å². The van der Waals surface area contributed by atoms with E-state index >= 15 is 0 Å². The van der Waals surface area contributed by atoms with Gasteiger partial charge in [0.15, 0.2) is 6.10 Å². The molecule has 2 aromatic heterocycles. The molecule has 1 aromatic carbocycles. The third-order valence-corrected chi connectivity index (χ3v) is 8.58. The number of aromatic nitrogens is 4. The van der Waals surface area contributed by atoms with Gasteiger partial charge in [-0.25, -0.2) is 9.59 Å². The van der Waals surface area contributed by atoms with Crippen LogP contribution < -0.4 is 20.2 Å². The van der Waals surface area contributed by atoms with Gasteiger partial charge in [-0.3, -0.25) is 9.97 Å². The Morgan fingerprint density at radius 2 is 1.73 bits per heavy atom. The molecule has 2 N–H and O–H groups in total. The average Bonchev–Trinajstić information content (AvgIpc) is 2.94. The fraction of sp³-hybridized carbons (Fsp3) is 0.545. The minimum atomic E-state index is -1.16. The third kappa shape index (κ3) is 6.57. The molecule has 1 atom stereocenters. The van der Waals surface area contributed by atoms with Gasteiger partial charge in [-0.1, -0.05) is 32.0 Å². The van der Waals surface area contributed by atoms with Crippen LogP contribution in [0.1, 0.15) is 81.6 Å². The zero-order valence-corrected chi connectivity index (χ0v) is 27.1. The van der Waals surface area contributed by atoms with Crippen molar-refractivity contribution in [3.05, 3.63) is 56.8 Å². The summed E-state index contributed by atoms with van der Waals surface area (Å²) in [6.07, 6.45) is 1.58. The average molecular weight is 605 g/mol. The molecular weight excluding hydrogens is 560 g/mol. The van der Waals surface area contributed by atoms with Gasteiger partial charge in [-0.2, -0.15) is 4.98 Å². The molecule has 1 fully saturated rings. The maximum absolute atomic E-state index is 12.8. The number of nitrogens with zero attached hydrogens (tertiary/aromatic N) is 5. The van der Waals surface area contributed by atoms with Crippen LogP contribution in [-0.2, 0) is 22.5 Å². The van der Waals surface area contributed by atoms with Gasteiger partial charge in [-0.15, -0.1) is 4.98 Å².